The SMILES string of the molecule is NC(N)COc1ccccc1. The van der Waals surface area contributed by atoms with Crippen molar-refractivity contribution in [3.8, 4) is 5.75 Å². The Morgan fingerprint density at radius 1 is 1.18 bits per heavy atom. The molecular weight excluding hydrogens is 140 g/mol. The third-order valence-corrected chi connectivity index (χ3v) is 1.19. The molecule has 3 nitrogen and oxygen atoms in total. The molecule has 0 aliphatic carbocycles. The van der Waals surface area contributed by atoms with Crippen molar-refractivity contribution in [2.45, 2.75) is 6.17 Å². The van der Waals surface area contributed by atoms with Crippen molar-refractivity contribution in [3.05, 3.63) is 30.3 Å². The summed E-state index contributed by atoms with van der Waals surface area (Å²) in [5.41, 5.74) is 10.6. The van der Waals surface area contributed by atoms with Crippen molar-refractivity contribution in [2.24, 2.45) is 11.5 Å². The van der Waals surface area contributed by atoms with Crippen LogP contribution in [0.4, 0.5) is 0 Å². The number of hydrogen-bond donors (Lipinski definition) is 2. The lowest BCUT2D eigenvalue weighted by Crippen LogP contribution is -2.36. The minimum atomic E-state index is -0.407. The average molecular weight is 152 g/mol. The van der Waals surface area contributed by atoms with Crippen LogP contribution in [0, 0.1) is 0 Å². The van der Waals surface area contributed by atoms with Crippen LogP contribution in [-0.2, 0) is 0 Å². The van der Waals surface area contributed by atoms with Crippen LogP contribution in [0.2, 0.25) is 0 Å². The first-order valence-electron chi connectivity index (χ1n) is 3.48. The predicted molar refractivity (Wildman–Crippen MR) is 44.1 cm³/mol. The highest BCUT2D eigenvalue weighted by Gasteiger charge is 1.94. The molecule has 0 aliphatic heterocycles. The molecule has 4 N–H and O–H groups in total. The molecule has 60 valence electrons. The van der Waals surface area contributed by atoms with Crippen LogP contribution in [0.25, 0.3) is 0 Å². The van der Waals surface area contributed by atoms with Gasteiger partial charge in [-0.1, -0.05) is 18.2 Å². The van der Waals surface area contributed by atoms with Gasteiger partial charge in [0.15, 0.2) is 0 Å². The van der Waals surface area contributed by atoms with Crippen LogP contribution in [0.5, 0.6) is 5.75 Å². The van der Waals surface area contributed by atoms with Crippen LogP contribution < -0.4 is 16.2 Å². The molecule has 1 aromatic carbocycles. The summed E-state index contributed by atoms with van der Waals surface area (Å²) in [5, 5.41) is 0. The Morgan fingerprint density at radius 3 is 2.36 bits per heavy atom. The van der Waals surface area contributed by atoms with E-state index in [1.807, 2.05) is 30.3 Å². The molecule has 0 heterocycles. The van der Waals surface area contributed by atoms with Gasteiger partial charge in [-0.15, -0.1) is 0 Å². The number of rotatable bonds is 3. The number of benzene rings is 1. The average Bonchev–Trinajstić information content (AvgIpc) is 2.03. The Kier molecular flexibility index (Phi) is 2.89. The Labute approximate surface area is 66.0 Å². The van der Waals surface area contributed by atoms with Crippen LogP contribution >= 0.6 is 0 Å². The zero-order valence-electron chi connectivity index (χ0n) is 6.23. The molecule has 3 heteroatoms. The summed E-state index contributed by atoms with van der Waals surface area (Å²) < 4.78 is 5.22. The molecule has 11 heavy (non-hydrogen) atoms. The van der Waals surface area contributed by atoms with Crippen LogP contribution in [0.3, 0.4) is 0 Å². The maximum absolute atomic E-state index is 5.29. The summed E-state index contributed by atoms with van der Waals surface area (Å²) >= 11 is 0. The molecule has 1 aromatic rings. The smallest absolute Gasteiger partial charge is 0.119 e. The van der Waals surface area contributed by atoms with E-state index in [1.165, 1.54) is 0 Å². The van der Waals surface area contributed by atoms with Gasteiger partial charge in [0.25, 0.3) is 0 Å². The first kappa shape index (κ1) is 8.04. The van der Waals surface area contributed by atoms with Crippen molar-refractivity contribution in [3.63, 3.8) is 0 Å². The molecule has 0 amide bonds. The zero-order valence-corrected chi connectivity index (χ0v) is 6.23. The van der Waals surface area contributed by atoms with E-state index in [2.05, 4.69) is 0 Å². The Balaban J connectivity index is 2.39. The summed E-state index contributed by atoms with van der Waals surface area (Å²) in [7, 11) is 0. The molecule has 0 saturated carbocycles. The summed E-state index contributed by atoms with van der Waals surface area (Å²) in [6.45, 7) is 0.351. The third kappa shape index (κ3) is 3.02. The quantitative estimate of drug-likeness (QED) is 0.613. The van der Waals surface area contributed by atoms with Gasteiger partial charge in [0, 0.05) is 0 Å². The van der Waals surface area contributed by atoms with Gasteiger partial charge in [-0.3, -0.25) is 0 Å². The third-order valence-electron chi connectivity index (χ3n) is 1.19. The topological polar surface area (TPSA) is 61.3 Å². The van der Waals surface area contributed by atoms with E-state index in [9.17, 15) is 0 Å². The van der Waals surface area contributed by atoms with Gasteiger partial charge < -0.3 is 16.2 Å². The summed E-state index contributed by atoms with van der Waals surface area (Å²) in [5.74, 6) is 0.799. The number of ether oxygens (including phenoxy) is 1. The Bertz CT molecular complexity index is 199. The second kappa shape index (κ2) is 3.95. The summed E-state index contributed by atoms with van der Waals surface area (Å²) in [6, 6.07) is 9.45. The monoisotopic (exact) mass is 152 g/mol. The molecular formula is C8H12N2O. The van der Waals surface area contributed by atoms with Gasteiger partial charge >= 0.3 is 0 Å². The molecule has 0 spiro atoms. The predicted octanol–water partition coefficient (Wildman–Crippen LogP) is 0.309. The minimum absolute atomic E-state index is 0.351. The van der Waals surface area contributed by atoms with Gasteiger partial charge in [0.05, 0.1) is 6.17 Å². The molecule has 0 aromatic heterocycles. The van der Waals surface area contributed by atoms with Gasteiger partial charge in [0.1, 0.15) is 12.4 Å². The Hall–Kier alpha value is -1.06. The molecule has 0 atom stereocenters. The van der Waals surface area contributed by atoms with E-state index in [1.54, 1.807) is 0 Å². The lowest BCUT2D eigenvalue weighted by atomic mass is 10.3. The van der Waals surface area contributed by atoms with Crippen molar-refractivity contribution >= 4 is 0 Å². The fraction of sp³-hybridized carbons (Fsp3) is 0.250. The van der Waals surface area contributed by atoms with Crippen molar-refractivity contribution in [1.82, 2.24) is 0 Å². The zero-order chi connectivity index (χ0) is 8.10. The maximum atomic E-state index is 5.29. The second-order valence-corrected chi connectivity index (χ2v) is 2.29. The van der Waals surface area contributed by atoms with Crippen molar-refractivity contribution < 1.29 is 4.74 Å². The van der Waals surface area contributed by atoms with Crippen LogP contribution in [0.15, 0.2) is 30.3 Å². The fourth-order valence-electron chi connectivity index (χ4n) is 0.709. The van der Waals surface area contributed by atoms with E-state index in [0.717, 1.165) is 5.75 Å². The minimum Gasteiger partial charge on any atom is -0.491 e. The molecule has 0 bridgehead atoms. The highest BCUT2D eigenvalue weighted by Crippen LogP contribution is 2.07. The molecule has 1 rings (SSSR count). The van der Waals surface area contributed by atoms with E-state index >= 15 is 0 Å². The van der Waals surface area contributed by atoms with E-state index in [-0.39, 0.29) is 0 Å². The molecule has 0 fully saturated rings. The highest BCUT2D eigenvalue weighted by atomic mass is 16.5. The lowest BCUT2D eigenvalue weighted by Gasteiger charge is -2.07. The van der Waals surface area contributed by atoms with Gasteiger partial charge in [-0.05, 0) is 12.1 Å². The highest BCUT2D eigenvalue weighted by molar-refractivity contribution is 5.20. The van der Waals surface area contributed by atoms with E-state index in [0.29, 0.717) is 6.61 Å². The molecule has 0 radical (unpaired) electrons. The number of para-hydroxylation sites is 1. The van der Waals surface area contributed by atoms with E-state index in [4.69, 9.17) is 16.2 Å². The van der Waals surface area contributed by atoms with Gasteiger partial charge in [-0.25, -0.2) is 0 Å². The summed E-state index contributed by atoms with van der Waals surface area (Å²) in [4.78, 5) is 0. The van der Waals surface area contributed by atoms with Crippen molar-refractivity contribution in [1.29, 1.82) is 0 Å². The number of nitrogens with two attached hydrogens (primary N) is 2. The number of hydrogen-bond acceptors (Lipinski definition) is 3. The summed E-state index contributed by atoms with van der Waals surface area (Å²) in [6.07, 6.45) is -0.407. The fourth-order valence-corrected chi connectivity index (χ4v) is 0.709. The first-order valence-corrected chi connectivity index (χ1v) is 3.48. The molecule has 0 unspecified atom stereocenters. The van der Waals surface area contributed by atoms with E-state index < -0.39 is 6.17 Å². The lowest BCUT2D eigenvalue weighted by molar-refractivity contribution is 0.291. The van der Waals surface area contributed by atoms with Crippen LogP contribution in [-0.4, -0.2) is 12.8 Å². The first-order chi connectivity index (χ1) is 5.29. The van der Waals surface area contributed by atoms with Crippen molar-refractivity contribution in [2.75, 3.05) is 6.61 Å². The normalized spacial score (nSPS) is 10.1. The Morgan fingerprint density at radius 2 is 1.82 bits per heavy atom. The standard InChI is InChI=1S/C8H12N2O/c9-8(10)6-11-7-4-2-1-3-5-7/h1-5,8H,6,9-10H2. The second-order valence-electron chi connectivity index (χ2n) is 2.29. The van der Waals surface area contributed by atoms with Crippen LogP contribution in [0.1, 0.15) is 0 Å². The van der Waals surface area contributed by atoms with Gasteiger partial charge in [-0.2, -0.15) is 0 Å². The maximum Gasteiger partial charge on any atom is 0.119 e. The van der Waals surface area contributed by atoms with Gasteiger partial charge in [0.2, 0.25) is 0 Å². The molecule has 0 saturated heterocycles. The largest absolute Gasteiger partial charge is 0.491 e. The molecule has 0 aliphatic rings.